The molecule has 0 spiro atoms. The smallest absolute Gasteiger partial charge is 0.265 e. The van der Waals surface area contributed by atoms with Gasteiger partial charge in [0.15, 0.2) is 22.3 Å². The second-order valence-corrected chi connectivity index (χ2v) is 9.40. The molecule has 0 saturated carbocycles. The van der Waals surface area contributed by atoms with Crippen LogP contribution in [0.2, 0.25) is 0 Å². The van der Waals surface area contributed by atoms with Crippen molar-refractivity contribution in [1.82, 2.24) is 9.78 Å². The first-order valence-corrected chi connectivity index (χ1v) is 11.7. The van der Waals surface area contributed by atoms with Crippen LogP contribution in [0.3, 0.4) is 0 Å². The van der Waals surface area contributed by atoms with Crippen molar-refractivity contribution in [3.8, 4) is 0 Å². The summed E-state index contributed by atoms with van der Waals surface area (Å²) in [7, 11) is -3.29. The maximum atomic E-state index is 12.0. The van der Waals surface area contributed by atoms with E-state index in [4.69, 9.17) is 10.6 Å². The van der Waals surface area contributed by atoms with Gasteiger partial charge in [-0.3, -0.25) is 9.48 Å². The Morgan fingerprint density at radius 1 is 1.16 bits per heavy atom. The summed E-state index contributed by atoms with van der Waals surface area (Å²) in [5.74, 6) is -0.308. The topological polar surface area (TPSA) is 129 Å². The van der Waals surface area contributed by atoms with Crippen LogP contribution in [0, 0.1) is 13.8 Å². The lowest BCUT2D eigenvalue weighted by Crippen LogP contribution is -2.19. The van der Waals surface area contributed by atoms with Gasteiger partial charge < -0.3 is 15.9 Å². The van der Waals surface area contributed by atoms with Gasteiger partial charge >= 0.3 is 0 Å². The highest BCUT2D eigenvalue weighted by atomic mass is 32.2. The number of rotatable bonds is 8. The summed E-state index contributed by atoms with van der Waals surface area (Å²) in [6.45, 7) is 4.20. The maximum absolute atomic E-state index is 12.0. The Bertz CT molecular complexity index is 1250. The van der Waals surface area contributed by atoms with Gasteiger partial charge in [-0.1, -0.05) is 23.4 Å². The van der Waals surface area contributed by atoms with E-state index in [9.17, 15) is 13.2 Å². The van der Waals surface area contributed by atoms with Gasteiger partial charge in [0, 0.05) is 23.2 Å². The van der Waals surface area contributed by atoms with Crippen molar-refractivity contribution in [3.05, 3.63) is 77.1 Å². The average molecular weight is 456 g/mol. The predicted octanol–water partition coefficient (Wildman–Crippen LogP) is 2.23. The second-order valence-electron chi connectivity index (χ2n) is 7.38. The van der Waals surface area contributed by atoms with Crippen molar-refractivity contribution in [1.29, 1.82) is 0 Å². The number of nitrogens with zero attached hydrogens (tertiary/aromatic N) is 3. The molecule has 32 heavy (non-hydrogen) atoms. The average Bonchev–Trinajstić information content (AvgIpc) is 3.04. The lowest BCUT2D eigenvalue weighted by Gasteiger charge is -2.08. The SMILES string of the molecule is Cc1cc(C)n(Cc2cccc(/C(N)=N/OCC(=O)Nc3ccc(S(C)(=O)=O)cc3)c2)n1. The fraction of sp³-hybridized carbons (Fsp3) is 0.227. The molecule has 1 amide bonds. The number of hydrogen-bond acceptors (Lipinski definition) is 6. The van der Waals surface area contributed by atoms with Crippen LogP contribution in [0.5, 0.6) is 0 Å². The summed E-state index contributed by atoms with van der Waals surface area (Å²) < 4.78 is 24.9. The first-order chi connectivity index (χ1) is 15.1. The monoisotopic (exact) mass is 455 g/mol. The van der Waals surface area contributed by atoms with Crippen molar-refractivity contribution < 1.29 is 18.0 Å². The van der Waals surface area contributed by atoms with E-state index in [2.05, 4.69) is 15.6 Å². The highest BCUT2D eigenvalue weighted by Gasteiger charge is 2.09. The van der Waals surface area contributed by atoms with E-state index >= 15 is 0 Å². The summed E-state index contributed by atoms with van der Waals surface area (Å²) in [5, 5.41) is 10.9. The van der Waals surface area contributed by atoms with E-state index in [0.29, 0.717) is 17.8 Å². The lowest BCUT2D eigenvalue weighted by molar-refractivity contribution is -0.120. The molecule has 0 fully saturated rings. The molecule has 0 bridgehead atoms. The molecule has 168 valence electrons. The van der Waals surface area contributed by atoms with Crippen LogP contribution in [0.25, 0.3) is 0 Å². The molecule has 0 aliphatic rings. The molecule has 0 aliphatic carbocycles. The van der Waals surface area contributed by atoms with Crippen LogP contribution >= 0.6 is 0 Å². The van der Waals surface area contributed by atoms with E-state index in [1.165, 1.54) is 24.3 Å². The fourth-order valence-electron chi connectivity index (χ4n) is 3.03. The van der Waals surface area contributed by atoms with Crippen LogP contribution < -0.4 is 11.1 Å². The number of hydrogen-bond donors (Lipinski definition) is 2. The molecule has 1 heterocycles. The standard InChI is InChI=1S/C22H25N5O4S/c1-15-11-16(2)27(25-15)13-17-5-4-6-18(12-17)22(23)26-31-14-21(28)24-19-7-9-20(10-8-19)32(3,29)30/h4-12H,13-14H2,1-3H3,(H2,23,26)(H,24,28). The van der Waals surface area contributed by atoms with Crippen LogP contribution in [0.15, 0.2) is 64.6 Å². The number of carbonyl (C=O) groups excluding carboxylic acids is 1. The molecule has 0 aliphatic heterocycles. The molecule has 0 unspecified atom stereocenters. The molecule has 3 aromatic rings. The van der Waals surface area contributed by atoms with Crippen molar-refractivity contribution >= 4 is 27.3 Å². The molecule has 9 nitrogen and oxygen atoms in total. The zero-order valence-electron chi connectivity index (χ0n) is 18.1. The molecular weight excluding hydrogens is 430 g/mol. The third-order valence-corrected chi connectivity index (χ3v) is 5.71. The number of anilines is 1. The molecule has 3 rings (SSSR count). The fourth-order valence-corrected chi connectivity index (χ4v) is 3.66. The number of nitrogens with two attached hydrogens (primary N) is 1. The molecule has 3 N–H and O–H groups in total. The Kier molecular flexibility index (Phi) is 6.94. The molecule has 0 atom stereocenters. The third kappa shape index (κ3) is 6.17. The Morgan fingerprint density at radius 3 is 2.50 bits per heavy atom. The lowest BCUT2D eigenvalue weighted by atomic mass is 10.1. The van der Waals surface area contributed by atoms with Crippen LogP contribution in [-0.4, -0.2) is 42.8 Å². The minimum atomic E-state index is -3.29. The van der Waals surface area contributed by atoms with E-state index in [0.717, 1.165) is 23.2 Å². The van der Waals surface area contributed by atoms with Crippen LogP contribution in [0.4, 0.5) is 5.69 Å². The summed E-state index contributed by atoms with van der Waals surface area (Å²) in [5.41, 5.74) is 10.1. The highest BCUT2D eigenvalue weighted by molar-refractivity contribution is 7.90. The quantitative estimate of drug-likeness (QED) is 0.304. The van der Waals surface area contributed by atoms with Gasteiger partial charge in [-0.15, -0.1) is 0 Å². The Labute approximate surface area is 186 Å². The third-order valence-electron chi connectivity index (χ3n) is 4.58. The van der Waals surface area contributed by atoms with Crippen molar-refractivity contribution in [2.24, 2.45) is 10.9 Å². The van der Waals surface area contributed by atoms with Crippen LogP contribution in [-0.2, 0) is 26.0 Å². The number of sulfone groups is 1. The minimum Gasteiger partial charge on any atom is -0.384 e. The van der Waals surface area contributed by atoms with Gasteiger partial charge in [-0.05, 0) is 55.8 Å². The van der Waals surface area contributed by atoms with E-state index in [1.807, 2.05) is 42.8 Å². The molecule has 1 aromatic heterocycles. The zero-order valence-corrected chi connectivity index (χ0v) is 18.9. The second kappa shape index (κ2) is 9.65. The van der Waals surface area contributed by atoms with Gasteiger partial charge in [0.2, 0.25) is 0 Å². The summed E-state index contributed by atoms with van der Waals surface area (Å²) >= 11 is 0. The Balaban J connectivity index is 1.56. The van der Waals surface area contributed by atoms with Crippen molar-refractivity contribution in [2.45, 2.75) is 25.3 Å². The number of aromatic nitrogens is 2. The minimum absolute atomic E-state index is 0.144. The summed E-state index contributed by atoms with van der Waals surface area (Å²) in [6.07, 6.45) is 1.12. The number of nitrogens with one attached hydrogen (secondary N) is 1. The molecule has 2 aromatic carbocycles. The number of oxime groups is 1. The molecule has 10 heteroatoms. The number of benzene rings is 2. The van der Waals surface area contributed by atoms with Gasteiger partial charge in [0.1, 0.15) is 0 Å². The number of amides is 1. The summed E-state index contributed by atoms with van der Waals surface area (Å²) in [4.78, 5) is 17.3. The number of amidine groups is 1. The van der Waals surface area contributed by atoms with Gasteiger partial charge in [0.25, 0.3) is 5.91 Å². The normalized spacial score (nSPS) is 11.9. The zero-order chi connectivity index (χ0) is 23.3. The van der Waals surface area contributed by atoms with Crippen LogP contribution in [0.1, 0.15) is 22.5 Å². The van der Waals surface area contributed by atoms with Gasteiger partial charge in [0.05, 0.1) is 17.1 Å². The Hall–Kier alpha value is -3.66. The summed E-state index contributed by atoms with van der Waals surface area (Å²) in [6, 6.07) is 15.4. The largest absolute Gasteiger partial charge is 0.384 e. The number of aryl methyl sites for hydroxylation is 2. The van der Waals surface area contributed by atoms with Crippen molar-refractivity contribution in [2.75, 3.05) is 18.2 Å². The first kappa shape index (κ1) is 23.0. The van der Waals surface area contributed by atoms with Gasteiger partial charge in [-0.25, -0.2) is 8.42 Å². The van der Waals surface area contributed by atoms with E-state index in [1.54, 1.807) is 6.07 Å². The van der Waals surface area contributed by atoms with E-state index < -0.39 is 15.7 Å². The molecule has 0 radical (unpaired) electrons. The van der Waals surface area contributed by atoms with Gasteiger partial charge in [-0.2, -0.15) is 5.10 Å². The first-order valence-electron chi connectivity index (χ1n) is 9.77. The number of carbonyl (C=O) groups is 1. The predicted molar refractivity (Wildman–Crippen MR) is 122 cm³/mol. The molecule has 0 saturated heterocycles. The highest BCUT2D eigenvalue weighted by Crippen LogP contribution is 2.14. The van der Waals surface area contributed by atoms with Crippen molar-refractivity contribution in [3.63, 3.8) is 0 Å². The van der Waals surface area contributed by atoms with E-state index in [-0.39, 0.29) is 17.3 Å². The Morgan fingerprint density at radius 2 is 1.88 bits per heavy atom. The maximum Gasteiger partial charge on any atom is 0.265 e. The molecular formula is C22H25N5O4S.